The molecular formula is C33H23N5O2-2. The van der Waals surface area contributed by atoms with E-state index in [4.69, 9.17) is 9.98 Å². The number of nitrogens with zero attached hydrogens (tertiary/aromatic N) is 5. The van der Waals surface area contributed by atoms with Crippen molar-refractivity contribution in [3.63, 3.8) is 0 Å². The van der Waals surface area contributed by atoms with Gasteiger partial charge in [0.2, 0.25) is 0 Å². The smallest absolute Gasteiger partial charge is 0.155 e. The van der Waals surface area contributed by atoms with Crippen LogP contribution in [-0.2, 0) is 0 Å². The lowest BCUT2D eigenvalue weighted by Crippen LogP contribution is -2.17. The molecule has 0 aliphatic heterocycles. The molecule has 194 valence electrons. The number of benzene rings is 4. The molecule has 4 aromatic carbocycles. The van der Waals surface area contributed by atoms with E-state index in [0.29, 0.717) is 45.3 Å². The standard InChI is InChI=1S/C33H25N5O2/c39-37-32(26-18-9-3-10-19-26)30(24-14-5-1-6-15-24)35-28-22-13-23-29(34-28)36-31(25-16-7-2-8-17-25)33(38-40)27-20-11-4-12-21-27/h1-23,39-40H/p-2/b35-30-,36-31?,37-32+,38-33+. The summed E-state index contributed by atoms with van der Waals surface area (Å²) < 4.78 is 0. The van der Waals surface area contributed by atoms with Gasteiger partial charge in [-0.2, -0.15) is 0 Å². The average Bonchev–Trinajstić information content (AvgIpc) is 3.03. The SMILES string of the molecule is [O-]/N=C(/C(=Nc1cccc(/N=C(\C(=N\[O-])c2ccccc2)c2ccccc2)n1)c1ccccc1)c1ccccc1. The molecule has 1 aromatic heterocycles. The van der Waals surface area contributed by atoms with E-state index < -0.39 is 0 Å². The van der Waals surface area contributed by atoms with Crippen molar-refractivity contribution in [1.29, 1.82) is 0 Å². The van der Waals surface area contributed by atoms with E-state index in [9.17, 15) is 10.4 Å². The highest BCUT2D eigenvalue weighted by Crippen LogP contribution is 2.21. The number of aromatic nitrogens is 1. The Balaban J connectivity index is 1.63. The second-order valence-electron chi connectivity index (χ2n) is 8.62. The molecule has 40 heavy (non-hydrogen) atoms. The van der Waals surface area contributed by atoms with Crippen molar-refractivity contribution in [2.75, 3.05) is 0 Å². The highest BCUT2D eigenvalue weighted by atomic mass is 16.4. The minimum absolute atomic E-state index is 0.192. The minimum Gasteiger partial charge on any atom is -0.791 e. The summed E-state index contributed by atoms with van der Waals surface area (Å²) in [6.45, 7) is 0. The number of hydrogen-bond acceptors (Lipinski definition) is 7. The van der Waals surface area contributed by atoms with E-state index in [-0.39, 0.29) is 11.4 Å². The number of hydrogen-bond donors (Lipinski definition) is 0. The van der Waals surface area contributed by atoms with Gasteiger partial charge in [0.05, 0.1) is 22.8 Å². The van der Waals surface area contributed by atoms with Crippen LogP contribution < -0.4 is 0 Å². The van der Waals surface area contributed by atoms with E-state index in [1.807, 2.05) is 121 Å². The third kappa shape index (κ3) is 6.06. The zero-order valence-corrected chi connectivity index (χ0v) is 21.3. The van der Waals surface area contributed by atoms with E-state index in [2.05, 4.69) is 15.3 Å². The van der Waals surface area contributed by atoms with Crippen LogP contribution in [0.1, 0.15) is 22.3 Å². The molecule has 0 fully saturated rings. The van der Waals surface area contributed by atoms with Crippen molar-refractivity contribution in [2.45, 2.75) is 0 Å². The van der Waals surface area contributed by atoms with Crippen molar-refractivity contribution in [3.8, 4) is 0 Å². The van der Waals surface area contributed by atoms with E-state index in [1.54, 1.807) is 18.2 Å². The third-order valence-corrected chi connectivity index (χ3v) is 5.99. The molecule has 0 N–H and O–H groups in total. The second kappa shape index (κ2) is 12.7. The van der Waals surface area contributed by atoms with Crippen LogP contribution in [0.5, 0.6) is 0 Å². The lowest BCUT2D eigenvalue weighted by atomic mass is 9.99. The van der Waals surface area contributed by atoms with Gasteiger partial charge in [0.15, 0.2) is 11.6 Å². The highest BCUT2D eigenvalue weighted by Gasteiger charge is 2.15. The van der Waals surface area contributed by atoms with Gasteiger partial charge in [-0.25, -0.2) is 15.0 Å². The first kappa shape index (κ1) is 25.9. The first-order chi connectivity index (χ1) is 19.8. The van der Waals surface area contributed by atoms with Crippen LogP contribution >= 0.6 is 0 Å². The van der Waals surface area contributed by atoms with Gasteiger partial charge in [0, 0.05) is 22.3 Å². The highest BCUT2D eigenvalue weighted by molar-refractivity contribution is 6.54. The molecule has 0 unspecified atom stereocenters. The van der Waals surface area contributed by atoms with Crippen LogP contribution in [-0.4, -0.2) is 27.8 Å². The van der Waals surface area contributed by atoms with E-state index in [1.165, 1.54) is 0 Å². The Morgan fingerprint density at radius 3 is 0.975 bits per heavy atom. The first-order valence-corrected chi connectivity index (χ1v) is 12.5. The summed E-state index contributed by atoms with van der Waals surface area (Å²) in [5, 5.41) is 30.8. The molecule has 0 radical (unpaired) electrons. The molecule has 0 bridgehead atoms. The van der Waals surface area contributed by atoms with Crippen LogP contribution in [0, 0.1) is 10.4 Å². The molecule has 7 nitrogen and oxygen atoms in total. The van der Waals surface area contributed by atoms with Crippen molar-refractivity contribution >= 4 is 34.5 Å². The van der Waals surface area contributed by atoms with E-state index in [0.717, 1.165) is 0 Å². The predicted octanol–water partition coefficient (Wildman–Crippen LogP) is 7.30. The first-order valence-electron chi connectivity index (χ1n) is 12.5. The molecule has 0 amide bonds. The summed E-state index contributed by atoms with van der Waals surface area (Å²) in [6, 6.07) is 42.2. The molecule has 0 saturated carbocycles. The summed E-state index contributed by atoms with van der Waals surface area (Å²) >= 11 is 0. The van der Waals surface area contributed by atoms with Gasteiger partial charge < -0.3 is 20.7 Å². The molecule has 0 saturated heterocycles. The van der Waals surface area contributed by atoms with Crippen molar-refractivity contribution < 1.29 is 0 Å². The van der Waals surface area contributed by atoms with Crippen LogP contribution in [0.3, 0.4) is 0 Å². The molecule has 0 aliphatic carbocycles. The quantitative estimate of drug-likeness (QED) is 0.158. The number of pyridine rings is 1. The Hall–Kier alpha value is -5.69. The Morgan fingerprint density at radius 2 is 0.675 bits per heavy atom. The molecule has 5 rings (SSSR count). The van der Waals surface area contributed by atoms with Gasteiger partial charge in [0.25, 0.3) is 0 Å². The third-order valence-electron chi connectivity index (χ3n) is 5.99. The fourth-order valence-electron chi connectivity index (χ4n) is 4.12. The summed E-state index contributed by atoms with van der Waals surface area (Å²) in [5.74, 6) is 0.648. The molecule has 0 aliphatic rings. The Morgan fingerprint density at radius 1 is 0.375 bits per heavy atom. The minimum atomic E-state index is 0.192. The Kier molecular flexibility index (Phi) is 8.24. The second-order valence-corrected chi connectivity index (χ2v) is 8.62. The zero-order valence-electron chi connectivity index (χ0n) is 21.3. The van der Waals surface area contributed by atoms with E-state index >= 15 is 0 Å². The zero-order chi connectivity index (χ0) is 27.6. The lowest BCUT2D eigenvalue weighted by molar-refractivity contribution is 1.24. The Bertz CT molecular complexity index is 1560. The maximum atomic E-state index is 12.1. The molecule has 0 spiro atoms. The monoisotopic (exact) mass is 521 g/mol. The Labute approximate surface area is 231 Å². The molecule has 5 aromatic rings. The normalized spacial score (nSPS) is 12.8. The van der Waals surface area contributed by atoms with Crippen LogP contribution in [0.2, 0.25) is 0 Å². The summed E-state index contributed by atoms with van der Waals surface area (Å²) in [4.78, 5) is 14.1. The van der Waals surface area contributed by atoms with Crippen LogP contribution in [0.25, 0.3) is 0 Å². The largest absolute Gasteiger partial charge is 0.791 e. The average molecular weight is 522 g/mol. The predicted molar refractivity (Wildman–Crippen MR) is 162 cm³/mol. The van der Waals surface area contributed by atoms with Gasteiger partial charge in [-0.15, -0.1) is 0 Å². The number of rotatable bonds is 8. The maximum absolute atomic E-state index is 12.1. The lowest BCUT2D eigenvalue weighted by Gasteiger charge is -2.14. The fraction of sp³-hybridized carbons (Fsp3) is 0. The summed E-state index contributed by atoms with van der Waals surface area (Å²) in [6.07, 6.45) is 0. The molecular weight excluding hydrogens is 498 g/mol. The van der Waals surface area contributed by atoms with Crippen LogP contribution in [0.15, 0.2) is 160 Å². The van der Waals surface area contributed by atoms with Gasteiger partial charge in [0.1, 0.15) is 0 Å². The summed E-state index contributed by atoms with van der Waals surface area (Å²) in [5.41, 5.74) is 3.85. The fourth-order valence-corrected chi connectivity index (χ4v) is 4.12. The van der Waals surface area contributed by atoms with Gasteiger partial charge in [-0.05, 0) is 12.1 Å². The number of aliphatic imine (C=N–C) groups is 2. The van der Waals surface area contributed by atoms with Crippen molar-refractivity contribution in [2.24, 2.45) is 20.3 Å². The summed E-state index contributed by atoms with van der Waals surface area (Å²) in [7, 11) is 0. The van der Waals surface area contributed by atoms with Gasteiger partial charge in [-0.1, -0.05) is 127 Å². The van der Waals surface area contributed by atoms with Crippen molar-refractivity contribution in [3.05, 3.63) is 172 Å². The van der Waals surface area contributed by atoms with Gasteiger partial charge >= 0.3 is 0 Å². The van der Waals surface area contributed by atoms with Gasteiger partial charge in [-0.3, -0.25) is 0 Å². The van der Waals surface area contributed by atoms with Crippen LogP contribution in [0.4, 0.5) is 11.6 Å². The van der Waals surface area contributed by atoms with Crippen molar-refractivity contribution in [1.82, 2.24) is 4.98 Å². The molecule has 7 heteroatoms. The molecule has 0 atom stereocenters. The molecule has 1 heterocycles. The maximum Gasteiger partial charge on any atom is 0.155 e. The topological polar surface area (TPSA) is 108 Å².